The number of nitrogen functional groups attached to an aromatic ring is 1. The average molecular weight is 192 g/mol. The van der Waals surface area contributed by atoms with Crippen molar-refractivity contribution >= 4 is 5.71 Å². The first kappa shape index (κ1) is 10.5. The highest BCUT2D eigenvalue weighted by Crippen LogP contribution is 2.08. The zero-order valence-corrected chi connectivity index (χ0v) is 8.81. The van der Waals surface area contributed by atoms with Crippen LogP contribution in [0.2, 0.25) is 0 Å². The summed E-state index contributed by atoms with van der Waals surface area (Å²) in [6.45, 7) is 6.09. The molecule has 2 N–H and O–H groups in total. The van der Waals surface area contributed by atoms with Gasteiger partial charge in [-0.2, -0.15) is 9.89 Å². The summed E-state index contributed by atoms with van der Waals surface area (Å²) in [6, 6.07) is 1.86. The predicted octanol–water partition coefficient (Wildman–Crippen LogP) is 1.58. The number of nitrogens with zero attached hydrogens (tertiary/aromatic N) is 3. The van der Waals surface area contributed by atoms with Gasteiger partial charge in [-0.25, -0.2) is 0 Å². The van der Waals surface area contributed by atoms with Crippen LogP contribution in [0.1, 0.15) is 26.5 Å². The standard InChI is InChI=1S/C10H16N4/c1-4-6-12-10(8(2)3)9-5-7-13-14(9)11/h4-8H,11H2,1-3H3/b6-4-,12-10?. The van der Waals surface area contributed by atoms with Crippen molar-refractivity contribution in [1.82, 2.24) is 9.89 Å². The molecule has 0 unspecified atom stereocenters. The largest absolute Gasteiger partial charge is 0.323 e. The quantitative estimate of drug-likeness (QED) is 0.584. The fraction of sp³-hybridized carbons (Fsp3) is 0.400. The van der Waals surface area contributed by atoms with Crippen molar-refractivity contribution in [2.75, 3.05) is 5.84 Å². The Balaban J connectivity index is 3.07. The molecule has 0 saturated carbocycles. The lowest BCUT2D eigenvalue weighted by atomic mass is 10.1. The molecule has 0 radical (unpaired) electrons. The topological polar surface area (TPSA) is 56.2 Å². The second-order valence-corrected chi connectivity index (χ2v) is 3.31. The fourth-order valence-corrected chi connectivity index (χ4v) is 1.18. The van der Waals surface area contributed by atoms with Gasteiger partial charge in [0, 0.05) is 6.20 Å². The van der Waals surface area contributed by atoms with Gasteiger partial charge in [-0.1, -0.05) is 19.9 Å². The van der Waals surface area contributed by atoms with Crippen LogP contribution in [0, 0.1) is 5.92 Å². The number of hydrogen-bond donors (Lipinski definition) is 1. The first-order valence-electron chi connectivity index (χ1n) is 4.65. The summed E-state index contributed by atoms with van der Waals surface area (Å²) in [4.78, 5) is 5.69. The van der Waals surface area contributed by atoms with Crippen molar-refractivity contribution < 1.29 is 0 Å². The summed E-state index contributed by atoms with van der Waals surface area (Å²) in [6.07, 6.45) is 5.32. The molecule has 1 aromatic heterocycles. The van der Waals surface area contributed by atoms with Crippen molar-refractivity contribution in [3.05, 3.63) is 30.2 Å². The van der Waals surface area contributed by atoms with E-state index < -0.39 is 0 Å². The Morgan fingerprint density at radius 3 is 2.79 bits per heavy atom. The molecule has 1 heterocycles. The normalized spacial score (nSPS) is 13.0. The summed E-state index contributed by atoms with van der Waals surface area (Å²) in [5.41, 5.74) is 1.81. The maximum atomic E-state index is 5.65. The highest BCUT2D eigenvalue weighted by molar-refractivity contribution is 6.00. The third-order valence-corrected chi connectivity index (χ3v) is 1.84. The summed E-state index contributed by atoms with van der Waals surface area (Å²) < 4.78 is 0. The number of hydrogen-bond acceptors (Lipinski definition) is 3. The molecular formula is C10H16N4. The van der Waals surface area contributed by atoms with E-state index in [4.69, 9.17) is 5.84 Å². The van der Waals surface area contributed by atoms with E-state index >= 15 is 0 Å². The number of aliphatic imine (C=N–C) groups is 1. The second kappa shape index (κ2) is 4.60. The molecule has 0 aliphatic carbocycles. The molecule has 76 valence electrons. The molecule has 0 aliphatic rings. The van der Waals surface area contributed by atoms with Crippen LogP contribution in [0.15, 0.2) is 29.5 Å². The van der Waals surface area contributed by atoms with Gasteiger partial charge in [0.15, 0.2) is 0 Å². The fourth-order valence-electron chi connectivity index (χ4n) is 1.18. The predicted molar refractivity (Wildman–Crippen MR) is 58.6 cm³/mol. The van der Waals surface area contributed by atoms with Crippen molar-refractivity contribution in [1.29, 1.82) is 0 Å². The number of nitrogens with two attached hydrogens (primary N) is 1. The van der Waals surface area contributed by atoms with E-state index in [-0.39, 0.29) is 0 Å². The monoisotopic (exact) mass is 192 g/mol. The van der Waals surface area contributed by atoms with Gasteiger partial charge in [-0.05, 0) is 18.9 Å². The Morgan fingerprint density at radius 2 is 2.36 bits per heavy atom. The van der Waals surface area contributed by atoms with Crippen LogP contribution < -0.4 is 5.84 Å². The highest BCUT2D eigenvalue weighted by Gasteiger charge is 2.11. The number of aromatic nitrogens is 2. The summed E-state index contributed by atoms with van der Waals surface area (Å²) in [5, 5.41) is 3.92. The van der Waals surface area contributed by atoms with Gasteiger partial charge in [-0.15, -0.1) is 0 Å². The van der Waals surface area contributed by atoms with Crippen LogP contribution in [0.3, 0.4) is 0 Å². The molecule has 0 aromatic carbocycles. The molecule has 4 nitrogen and oxygen atoms in total. The van der Waals surface area contributed by atoms with E-state index in [0.29, 0.717) is 5.92 Å². The molecule has 1 aromatic rings. The van der Waals surface area contributed by atoms with Gasteiger partial charge in [0.25, 0.3) is 0 Å². The Morgan fingerprint density at radius 1 is 1.64 bits per heavy atom. The van der Waals surface area contributed by atoms with E-state index in [2.05, 4.69) is 23.9 Å². The van der Waals surface area contributed by atoms with E-state index in [1.165, 1.54) is 4.79 Å². The zero-order chi connectivity index (χ0) is 10.6. The van der Waals surface area contributed by atoms with Crippen LogP contribution >= 0.6 is 0 Å². The van der Waals surface area contributed by atoms with Crippen molar-refractivity contribution in [2.45, 2.75) is 20.8 Å². The van der Waals surface area contributed by atoms with E-state index in [9.17, 15) is 0 Å². The van der Waals surface area contributed by atoms with Gasteiger partial charge < -0.3 is 5.84 Å². The van der Waals surface area contributed by atoms with Crippen LogP contribution in [0.25, 0.3) is 0 Å². The Hall–Kier alpha value is -1.58. The van der Waals surface area contributed by atoms with Crippen LogP contribution in [-0.4, -0.2) is 15.6 Å². The third-order valence-electron chi connectivity index (χ3n) is 1.84. The highest BCUT2D eigenvalue weighted by atomic mass is 15.5. The van der Waals surface area contributed by atoms with Gasteiger partial charge in [0.05, 0.1) is 11.9 Å². The maximum absolute atomic E-state index is 5.65. The third kappa shape index (κ3) is 2.22. The van der Waals surface area contributed by atoms with Crippen molar-refractivity contribution in [2.24, 2.45) is 10.9 Å². The Bertz CT molecular complexity index is 347. The number of allylic oxidation sites excluding steroid dienone is 1. The molecule has 0 fully saturated rings. The van der Waals surface area contributed by atoms with E-state index in [1.807, 2.05) is 19.1 Å². The SMILES string of the molecule is C/C=C\N=C(c1ccnn1N)C(C)C. The van der Waals surface area contributed by atoms with Gasteiger partial charge in [-0.3, -0.25) is 4.99 Å². The lowest BCUT2D eigenvalue weighted by Gasteiger charge is -2.08. The molecule has 4 heteroatoms. The molecule has 1 rings (SSSR count). The first-order valence-corrected chi connectivity index (χ1v) is 4.65. The summed E-state index contributed by atoms with van der Waals surface area (Å²) in [7, 11) is 0. The molecule has 0 bridgehead atoms. The zero-order valence-electron chi connectivity index (χ0n) is 8.81. The summed E-state index contributed by atoms with van der Waals surface area (Å²) >= 11 is 0. The molecule has 0 atom stereocenters. The first-order chi connectivity index (χ1) is 6.66. The molecule has 0 amide bonds. The average Bonchev–Trinajstić information content (AvgIpc) is 2.52. The Kier molecular flexibility index (Phi) is 3.45. The van der Waals surface area contributed by atoms with Crippen LogP contribution in [0.4, 0.5) is 0 Å². The van der Waals surface area contributed by atoms with Crippen LogP contribution in [-0.2, 0) is 0 Å². The van der Waals surface area contributed by atoms with Crippen molar-refractivity contribution in [3.63, 3.8) is 0 Å². The maximum Gasteiger partial charge on any atom is 0.106 e. The lowest BCUT2D eigenvalue weighted by Crippen LogP contribution is -2.21. The van der Waals surface area contributed by atoms with Crippen molar-refractivity contribution in [3.8, 4) is 0 Å². The lowest BCUT2D eigenvalue weighted by molar-refractivity contribution is 0.799. The minimum atomic E-state index is 0.324. The minimum absolute atomic E-state index is 0.324. The Labute approximate surface area is 84.1 Å². The van der Waals surface area contributed by atoms with Gasteiger partial charge >= 0.3 is 0 Å². The van der Waals surface area contributed by atoms with E-state index in [0.717, 1.165) is 11.4 Å². The second-order valence-electron chi connectivity index (χ2n) is 3.31. The molecular weight excluding hydrogens is 176 g/mol. The smallest absolute Gasteiger partial charge is 0.106 e. The van der Waals surface area contributed by atoms with Gasteiger partial charge in [0.2, 0.25) is 0 Å². The summed E-state index contributed by atoms with van der Waals surface area (Å²) in [5.74, 6) is 5.98. The van der Waals surface area contributed by atoms with Gasteiger partial charge in [0.1, 0.15) is 5.69 Å². The van der Waals surface area contributed by atoms with Crippen LogP contribution in [0.5, 0.6) is 0 Å². The minimum Gasteiger partial charge on any atom is -0.323 e. The molecule has 0 aliphatic heterocycles. The molecule has 14 heavy (non-hydrogen) atoms. The molecule has 0 spiro atoms. The number of rotatable bonds is 3. The molecule has 0 saturated heterocycles. The van der Waals surface area contributed by atoms with E-state index in [1.54, 1.807) is 12.4 Å².